The zero-order valence-electron chi connectivity index (χ0n) is 42.4. The molecule has 77 heavy (non-hydrogen) atoms. The van der Waals surface area contributed by atoms with Crippen LogP contribution < -0.4 is 20.4 Å². The first-order valence-corrected chi connectivity index (χ1v) is 26.0. The number of hydrogen-bond acceptors (Lipinski definition) is 6. The molecule has 0 fully saturated rings. The van der Waals surface area contributed by atoms with Gasteiger partial charge in [-0.05, 0) is 155 Å². The molecule has 5 nitrogen and oxygen atoms in total. The first-order chi connectivity index (χ1) is 38.0. The fourth-order valence-corrected chi connectivity index (χ4v) is 10.0. The molecule has 2 heterocycles. The molecule has 0 unspecified atom stereocenters. The lowest BCUT2D eigenvalue weighted by Crippen LogP contribution is -2.16. The minimum absolute atomic E-state index is 0.865. The highest BCUT2D eigenvalue weighted by molar-refractivity contribution is 7.74. The maximum Gasteiger partial charge on any atom is 0.137 e. The van der Waals surface area contributed by atoms with E-state index in [1.54, 1.807) is 0 Å². The van der Waals surface area contributed by atoms with E-state index < -0.39 is 0 Å². The van der Waals surface area contributed by atoms with Gasteiger partial charge in [0.25, 0.3) is 0 Å². The minimum atomic E-state index is 0.865. The zero-order valence-corrected chi connectivity index (χ0v) is 43.3. The van der Waals surface area contributed by atoms with Gasteiger partial charge >= 0.3 is 0 Å². The minimum Gasteiger partial charge on any atom is -0.456 e. The topological polar surface area (TPSA) is 53.0 Å². The third-order valence-corrected chi connectivity index (χ3v) is 13.9. The van der Waals surface area contributed by atoms with Crippen molar-refractivity contribution in [3.8, 4) is 44.5 Å². The summed E-state index contributed by atoms with van der Waals surface area (Å²) in [5, 5.41) is 4.32. The highest BCUT2D eigenvalue weighted by atomic mass is 32.1. The second-order valence-corrected chi connectivity index (χ2v) is 18.5. The van der Waals surface area contributed by atoms with Gasteiger partial charge in [0.05, 0.1) is 0 Å². The van der Waals surface area contributed by atoms with Crippen LogP contribution in [0.1, 0.15) is 6.92 Å². The third kappa shape index (κ3) is 10.6. The Kier molecular flexibility index (Phi) is 14.7. The smallest absolute Gasteiger partial charge is 0.137 e. The van der Waals surface area contributed by atoms with Crippen LogP contribution in [0.4, 0.5) is 34.1 Å². The van der Waals surface area contributed by atoms with Crippen molar-refractivity contribution in [1.82, 2.24) is 0 Å². The number of nitrogens with zero attached hydrogens (tertiary/aromatic N) is 2. The van der Waals surface area contributed by atoms with Crippen molar-refractivity contribution in [3.05, 3.63) is 290 Å². The molecule has 13 rings (SSSR count). The molecule has 0 amide bonds. The molecule has 11 aromatic carbocycles. The second kappa shape index (κ2) is 22.9. The van der Waals surface area contributed by atoms with Crippen molar-refractivity contribution in [1.29, 1.82) is 0 Å². The van der Waals surface area contributed by atoms with Crippen LogP contribution >= 0.6 is 12.9 Å². The monoisotopic (exact) mass is 1010 g/mol. The van der Waals surface area contributed by atoms with E-state index in [0.717, 1.165) is 88.8 Å². The number of anilines is 6. The maximum atomic E-state index is 6.69. The number of fused-ring (bicyclic) bond motifs is 4. The van der Waals surface area contributed by atoms with Gasteiger partial charge in [-0.15, -0.1) is 0 Å². The lowest BCUT2D eigenvalue weighted by Gasteiger charge is -2.26. The van der Waals surface area contributed by atoms with E-state index in [-0.39, 0.29) is 0 Å². The molecule has 0 radical (unpaired) electrons. The average Bonchev–Trinajstić information content (AvgIpc) is 4.10. The van der Waals surface area contributed by atoms with Crippen molar-refractivity contribution in [2.75, 3.05) is 9.80 Å². The highest BCUT2D eigenvalue weighted by Gasteiger charge is 2.18. The standard InChI is InChI=1S/C60H42N2O.C11H10O.H2OS/c1-4-12-43(13-5-1)46-20-30-51(31-21-46)61(52-32-22-47(23-33-52)44-14-6-2-7-15-44)53-34-26-49(27-35-53)50-28-38-55(39-29-50)62(54-36-24-48(25-37-54)45-16-8-3-9-17-45)56-40-41-58-57-18-10-11-19-59(57)63-60(58)42-56;1-3-10-8(2)9-6-4-5-7-11(9)12-10;1-2/h1-42H;3-7H,2H2,1H3;1-2H/b;10-3+;. The Hall–Kier alpha value is -9.59. The largest absolute Gasteiger partial charge is 0.456 e. The van der Waals surface area contributed by atoms with Crippen LogP contribution in [-0.4, -0.2) is 4.55 Å². The number of furan rings is 2. The van der Waals surface area contributed by atoms with Crippen LogP contribution in [0.3, 0.4) is 0 Å². The summed E-state index contributed by atoms with van der Waals surface area (Å²) >= 11 is 2.53. The first kappa shape index (κ1) is 49.6. The Bertz CT molecular complexity index is 4080. The van der Waals surface area contributed by atoms with Gasteiger partial charge in [-0.3, -0.25) is 0 Å². The Morgan fingerprint density at radius 2 is 0.597 bits per heavy atom. The van der Waals surface area contributed by atoms with E-state index in [1.165, 1.54) is 33.4 Å². The van der Waals surface area contributed by atoms with Crippen LogP contribution in [0.25, 0.3) is 90.1 Å². The fourth-order valence-electron chi connectivity index (χ4n) is 10.0. The Balaban J connectivity index is 0.000000394. The molecule has 372 valence electrons. The second-order valence-electron chi connectivity index (χ2n) is 18.5. The lowest BCUT2D eigenvalue weighted by molar-refractivity contribution is 0.575. The number of para-hydroxylation sites is 2. The molecule has 0 saturated carbocycles. The van der Waals surface area contributed by atoms with Crippen LogP contribution in [0.5, 0.6) is 0 Å². The van der Waals surface area contributed by atoms with Gasteiger partial charge < -0.3 is 23.2 Å². The van der Waals surface area contributed by atoms with Gasteiger partial charge in [0.2, 0.25) is 0 Å². The molecule has 0 saturated heterocycles. The number of benzene rings is 11. The van der Waals surface area contributed by atoms with E-state index in [1.807, 2.05) is 49.4 Å². The van der Waals surface area contributed by atoms with E-state index >= 15 is 0 Å². The van der Waals surface area contributed by atoms with E-state index in [2.05, 4.69) is 272 Å². The Labute approximate surface area is 454 Å². The molecule has 0 atom stereocenters. The normalized spacial score (nSPS) is 11.2. The van der Waals surface area contributed by atoms with Crippen molar-refractivity contribution >= 4 is 92.6 Å². The molecule has 0 aliphatic rings. The quantitative estimate of drug-likeness (QED) is 0.106. The summed E-state index contributed by atoms with van der Waals surface area (Å²) < 4.78 is 18.6. The maximum absolute atomic E-state index is 6.69. The lowest BCUT2D eigenvalue weighted by atomic mass is 10.0. The van der Waals surface area contributed by atoms with Crippen LogP contribution in [0.15, 0.2) is 288 Å². The molecule has 13 aromatic rings. The van der Waals surface area contributed by atoms with Gasteiger partial charge in [0.15, 0.2) is 0 Å². The van der Waals surface area contributed by atoms with Gasteiger partial charge in [0.1, 0.15) is 22.2 Å². The van der Waals surface area contributed by atoms with Crippen molar-refractivity contribution in [2.24, 2.45) is 0 Å². The molecular formula is C71H54N2O3S. The summed E-state index contributed by atoms with van der Waals surface area (Å²) in [7, 11) is 0. The third-order valence-electron chi connectivity index (χ3n) is 13.9. The van der Waals surface area contributed by atoms with Gasteiger partial charge in [-0.2, -0.15) is 0 Å². The molecular weight excluding hydrogens is 961 g/mol. The number of thiol groups is 1. The molecule has 2 aromatic heterocycles. The predicted molar refractivity (Wildman–Crippen MR) is 328 cm³/mol. The Morgan fingerprint density at radius 1 is 0.312 bits per heavy atom. The zero-order chi connectivity index (χ0) is 52.5. The summed E-state index contributed by atoms with van der Waals surface area (Å²) in [5.74, 6) is 0. The molecule has 0 spiro atoms. The van der Waals surface area contributed by atoms with Crippen LogP contribution in [-0.2, 0) is 0 Å². The molecule has 0 aliphatic carbocycles. The van der Waals surface area contributed by atoms with E-state index in [0.29, 0.717) is 0 Å². The fraction of sp³-hybridized carbons (Fsp3) is 0.0141. The summed E-state index contributed by atoms with van der Waals surface area (Å²) in [4.78, 5) is 4.63. The van der Waals surface area contributed by atoms with Crippen molar-refractivity contribution < 1.29 is 13.4 Å². The van der Waals surface area contributed by atoms with Crippen LogP contribution in [0, 0.1) is 0 Å². The highest BCUT2D eigenvalue weighted by Crippen LogP contribution is 2.41. The molecule has 0 aliphatic heterocycles. The van der Waals surface area contributed by atoms with Crippen LogP contribution in [0.2, 0.25) is 0 Å². The predicted octanol–water partition coefficient (Wildman–Crippen LogP) is 19.2. The molecule has 0 bridgehead atoms. The van der Waals surface area contributed by atoms with Gasteiger partial charge in [-0.25, -0.2) is 0 Å². The van der Waals surface area contributed by atoms with Crippen molar-refractivity contribution in [3.63, 3.8) is 0 Å². The number of rotatable bonds is 10. The summed E-state index contributed by atoms with van der Waals surface area (Å²) in [6.07, 6.45) is 1.93. The average molecular weight is 1020 g/mol. The first-order valence-electron chi connectivity index (χ1n) is 25.6. The summed E-state index contributed by atoms with van der Waals surface area (Å²) in [5.41, 5.74) is 19.4. The van der Waals surface area contributed by atoms with Gasteiger partial charge in [-0.1, -0.05) is 195 Å². The SMILES string of the molecule is C=c1/c(=C\C)oc2ccccc12.OS.c1ccc(-c2ccc(N(c3ccc(-c4ccccc4)cc3)c3ccc(-c4ccc(N(c5ccc(-c6ccccc6)cc5)c5ccc6c(c5)oc5ccccc56)cc4)cc3)cc2)cc1. The number of hydrogen-bond donors (Lipinski definition) is 2. The Morgan fingerprint density at radius 3 is 0.961 bits per heavy atom. The van der Waals surface area contributed by atoms with Crippen molar-refractivity contribution in [2.45, 2.75) is 6.92 Å². The molecule has 6 heteroatoms. The summed E-state index contributed by atoms with van der Waals surface area (Å²) in [6.45, 7) is 5.91. The molecule has 1 N–H and O–H groups in total. The van der Waals surface area contributed by atoms with E-state index in [4.69, 9.17) is 13.4 Å². The van der Waals surface area contributed by atoms with E-state index in [9.17, 15) is 0 Å². The summed E-state index contributed by atoms with van der Waals surface area (Å²) in [6, 6.07) is 98.6. The van der Waals surface area contributed by atoms with Gasteiger partial charge in [0, 0.05) is 61.6 Å².